The van der Waals surface area contributed by atoms with E-state index in [1.165, 1.54) is 12.3 Å². The van der Waals surface area contributed by atoms with Crippen molar-refractivity contribution in [1.82, 2.24) is 19.9 Å². The van der Waals surface area contributed by atoms with Crippen molar-refractivity contribution < 1.29 is 27.2 Å². The Morgan fingerprint density at radius 1 is 1.16 bits per heavy atom. The van der Waals surface area contributed by atoms with Gasteiger partial charge < -0.3 is 15.1 Å². The highest BCUT2D eigenvalue weighted by molar-refractivity contribution is 7.89. The van der Waals surface area contributed by atoms with Gasteiger partial charge in [-0.15, -0.1) is 0 Å². The number of aromatic nitrogens is 1. The van der Waals surface area contributed by atoms with Crippen LogP contribution in [0.1, 0.15) is 43.7 Å². The molecule has 2 amide bonds. The summed E-state index contributed by atoms with van der Waals surface area (Å²) in [5, 5.41) is 6.11. The molecule has 0 bridgehead atoms. The molecule has 3 aromatic rings. The fraction of sp³-hybridized carbons (Fsp3) is 0.385. The number of carbonyl (C=O) groups is 3. The number of Topliss-reactive ketones (excluding diaryl/α,β-unsaturated/α-hetero) is 1. The highest BCUT2D eigenvalue weighted by atomic mass is 32.2. The summed E-state index contributed by atoms with van der Waals surface area (Å²) >= 11 is 0. The maximum atomic E-state index is 13.2. The Balaban J connectivity index is 1.44. The Kier molecular flexibility index (Phi) is 8.03. The average molecular weight is 527 g/mol. The molecule has 4 rings (SSSR count). The maximum absolute atomic E-state index is 13.2. The number of para-hydroxylation sites is 1. The highest BCUT2D eigenvalue weighted by Gasteiger charge is 2.35. The largest absolute Gasteiger partial charge is 0.451 e. The first-order valence-corrected chi connectivity index (χ1v) is 13.6. The molecular weight excluding hydrogens is 496 g/mol. The molecule has 0 aliphatic carbocycles. The lowest BCUT2D eigenvalue weighted by molar-refractivity contribution is -0.129. The smallest absolute Gasteiger partial charge is 0.287 e. The third-order valence-electron chi connectivity index (χ3n) is 6.16. The van der Waals surface area contributed by atoms with Gasteiger partial charge in [-0.05, 0) is 49.4 Å². The topological polar surface area (TPSA) is 139 Å². The molecule has 1 fully saturated rings. The van der Waals surface area contributed by atoms with E-state index in [0.29, 0.717) is 18.4 Å². The highest BCUT2D eigenvalue weighted by Crippen LogP contribution is 2.20. The van der Waals surface area contributed by atoms with Crippen LogP contribution in [0.5, 0.6) is 0 Å². The van der Waals surface area contributed by atoms with Gasteiger partial charge in [0, 0.05) is 18.1 Å². The van der Waals surface area contributed by atoms with E-state index >= 15 is 0 Å². The molecule has 10 nitrogen and oxygen atoms in total. The summed E-state index contributed by atoms with van der Waals surface area (Å²) in [5.74, 6) is -1.29. The summed E-state index contributed by atoms with van der Waals surface area (Å²) in [7, 11) is -3.94. The Labute approximate surface area is 215 Å². The zero-order valence-corrected chi connectivity index (χ0v) is 21.5. The van der Waals surface area contributed by atoms with Crippen molar-refractivity contribution in [3.8, 4) is 0 Å². The van der Waals surface area contributed by atoms with E-state index in [0.717, 1.165) is 9.69 Å². The van der Waals surface area contributed by atoms with Crippen LogP contribution < -0.4 is 10.6 Å². The molecule has 0 radical (unpaired) electrons. The van der Waals surface area contributed by atoms with Crippen molar-refractivity contribution in [3.63, 3.8) is 0 Å². The lowest BCUT2D eigenvalue weighted by Gasteiger charge is -2.23. The Morgan fingerprint density at radius 3 is 2.62 bits per heavy atom. The van der Waals surface area contributed by atoms with Crippen LogP contribution in [0.3, 0.4) is 0 Å². The molecular formula is C26H30N4O6S. The third kappa shape index (κ3) is 6.23. The van der Waals surface area contributed by atoms with E-state index in [1.54, 1.807) is 30.3 Å². The molecule has 2 N–H and O–H groups in total. The SMILES string of the molecule is CC(C)C[C@H](NC(=O)c1cc2ccccc2o1)C(=O)NC1CCCN(S(=O)(=O)c2ccccn2)CC1=O. The Hall–Kier alpha value is -3.57. The predicted octanol–water partition coefficient (Wildman–Crippen LogP) is 2.51. The van der Waals surface area contributed by atoms with E-state index in [1.807, 2.05) is 26.0 Å². The van der Waals surface area contributed by atoms with Crippen LogP contribution in [-0.2, 0) is 19.6 Å². The number of fused-ring (bicyclic) bond motifs is 1. The first-order chi connectivity index (χ1) is 17.6. The van der Waals surface area contributed by atoms with Gasteiger partial charge in [0.2, 0.25) is 5.91 Å². The molecule has 196 valence electrons. The lowest BCUT2D eigenvalue weighted by atomic mass is 10.0. The summed E-state index contributed by atoms with van der Waals surface area (Å²) in [6, 6.07) is 11.6. The molecule has 2 atom stereocenters. The minimum atomic E-state index is -3.94. The van der Waals surface area contributed by atoms with Crippen LogP contribution in [0.25, 0.3) is 11.0 Å². The fourth-order valence-electron chi connectivity index (χ4n) is 4.28. The molecule has 3 heterocycles. The third-order valence-corrected chi connectivity index (χ3v) is 7.92. The number of furan rings is 1. The van der Waals surface area contributed by atoms with Gasteiger partial charge in [0.1, 0.15) is 11.6 Å². The summed E-state index contributed by atoms with van der Waals surface area (Å²) in [6.45, 7) is 3.61. The van der Waals surface area contributed by atoms with Crippen molar-refractivity contribution in [2.75, 3.05) is 13.1 Å². The zero-order chi connectivity index (χ0) is 26.6. The number of amides is 2. The van der Waals surface area contributed by atoms with Crippen LogP contribution in [0, 0.1) is 5.92 Å². The Bertz CT molecular complexity index is 1350. The molecule has 1 aliphatic heterocycles. The first-order valence-electron chi connectivity index (χ1n) is 12.2. The van der Waals surface area contributed by atoms with Gasteiger partial charge in [0.15, 0.2) is 16.6 Å². The van der Waals surface area contributed by atoms with E-state index in [9.17, 15) is 22.8 Å². The minimum absolute atomic E-state index is 0.0792. The monoisotopic (exact) mass is 526 g/mol. The van der Waals surface area contributed by atoms with Crippen molar-refractivity contribution in [2.24, 2.45) is 5.92 Å². The van der Waals surface area contributed by atoms with Crippen molar-refractivity contribution in [3.05, 3.63) is 60.5 Å². The number of rotatable bonds is 8. The lowest BCUT2D eigenvalue weighted by Crippen LogP contribution is -2.52. The fourth-order valence-corrected chi connectivity index (χ4v) is 5.66. The molecule has 1 unspecified atom stereocenters. The van der Waals surface area contributed by atoms with E-state index in [2.05, 4.69) is 15.6 Å². The van der Waals surface area contributed by atoms with Crippen LogP contribution in [-0.4, -0.2) is 60.5 Å². The molecule has 37 heavy (non-hydrogen) atoms. The minimum Gasteiger partial charge on any atom is -0.451 e. The number of pyridine rings is 1. The normalized spacial score (nSPS) is 17.9. The maximum Gasteiger partial charge on any atom is 0.287 e. The molecule has 1 saturated heterocycles. The van der Waals surface area contributed by atoms with Gasteiger partial charge in [-0.2, -0.15) is 4.31 Å². The van der Waals surface area contributed by atoms with Gasteiger partial charge in [-0.3, -0.25) is 14.4 Å². The molecule has 0 saturated carbocycles. The van der Waals surface area contributed by atoms with Gasteiger partial charge in [-0.1, -0.05) is 38.1 Å². The quantitative estimate of drug-likeness (QED) is 0.460. The molecule has 1 aromatic carbocycles. The van der Waals surface area contributed by atoms with Gasteiger partial charge >= 0.3 is 0 Å². The van der Waals surface area contributed by atoms with Crippen molar-refractivity contribution in [2.45, 2.75) is 50.2 Å². The number of benzene rings is 1. The van der Waals surface area contributed by atoms with E-state index < -0.39 is 39.7 Å². The molecule has 11 heteroatoms. The molecule has 1 aliphatic rings. The summed E-state index contributed by atoms with van der Waals surface area (Å²) in [5.41, 5.74) is 0.562. The number of nitrogens with one attached hydrogen (secondary N) is 2. The molecule has 0 spiro atoms. The second kappa shape index (κ2) is 11.2. The van der Waals surface area contributed by atoms with Crippen LogP contribution >= 0.6 is 0 Å². The number of hydrogen-bond acceptors (Lipinski definition) is 7. The van der Waals surface area contributed by atoms with E-state index in [4.69, 9.17) is 4.42 Å². The second-order valence-corrected chi connectivity index (χ2v) is 11.4. The van der Waals surface area contributed by atoms with Gasteiger partial charge in [0.25, 0.3) is 15.9 Å². The number of sulfonamides is 1. The predicted molar refractivity (Wildman–Crippen MR) is 136 cm³/mol. The number of nitrogens with zero attached hydrogens (tertiary/aromatic N) is 2. The van der Waals surface area contributed by atoms with E-state index in [-0.39, 0.29) is 36.2 Å². The van der Waals surface area contributed by atoms with Gasteiger partial charge in [0.05, 0.1) is 12.6 Å². The number of carbonyl (C=O) groups excluding carboxylic acids is 3. The summed E-state index contributed by atoms with van der Waals surface area (Å²) in [4.78, 5) is 43.0. The summed E-state index contributed by atoms with van der Waals surface area (Å²) < 4.78 is 32.6. The average Bonchev–Trinajstić information content (AvgIpc) is 3.23. The second-order valence-electron chi connectivity index (χ2n) is 9.48. The zero-order valence-electron chi connectivity index (χ0n) is 20.7. The van der Waals surface area contributed by atoms with Crippen LogP contribution in [0.15, 0.2) is 64.2 Å². The standard InChI is InChI=1S/C26H30N4O6S/c1-17(2)14-20(29-26(33)23-15-18-8-3-4-10-22(18)36-23)25(32)28-19-9-7-13-30(16-21(19)31)37(34,35)24-11-5-6-12-27-24/h3-6,8,10-12,15,17,19-20H,7,9,13-14,16H2,1-2H3,(H,28,32)(H,29,33)/t19?,20-/m0/s1. The first kappa shape index (κ1) is 26.5. The molecule has 2 aromatic heterocycles. The number of ketones is 1. The summed E-state index contributed by atoms with van der Waals surface area (Å²) in [6.07, 6.45) is 2.39. The number of hydrogen-bond donors (Lipinski definition) is 2. The Morgan fingerprint density at radius 2 is 1.92 bits per heavy atom. The van der Waals surface area contributed by atoms with Crippen LogP contribution in [0.2, 0.25) is 0 Å². The van der Waals surface area contributed by atoms with Crippen LogP contribution in [0.4, 0.5) is 0 Å². The van der Waals surface area contributed by atoms with Gasteiger partial charge in [-0.25, -0.2) is 13.4 Å². The van der Waals surface area contributed by atoms with Crippen molar-refractivity contribution in [1.29, 1.82) is 0 Å². The van der Waals surface area contributed by atoms with Crippen molar-refractivity contribution >= 4 is 38.6 Å².